The van der Waals surface area contributed by atoms with E-state index in [1.165, 1.54) is 109 Å². The summed E-state index contributed by atoms with van der Waals surface area (Å²) in [7, 11) is 0. The van der Waals surface area contributed by atoms with Gasteiger partial charge in [-0.3, -0.25) is 9.59 Å². The molecule has 0 bridgehead atoms. The molecule has 1 unspecified atom stereocenters. The summed E-state index contributed by atoms with van der Waals surface area (Å²) in [5.41, 5.74) is 0. The fraction of sp³-hybridized carbons (Fsp3) is 0.958. The van der Waals surface area contributed by atoms with Crippen LogP contribution in [0.2, 0.25) is 0 Å². The van der Waals surface area contributed by atoms with Crippen molar-refractivity contribution in [1.29, 1.82) is 0 Å². The number of aliphatic hydroxyl groups excluding tert-OH is 2. The molecule has 0 fully saturated rings. The van der Waals surface area contributed by atoms with Gasteiger partial charge in [0.1, 0.15) is 12.2 Å². The molecule has 328 valence electrons. The Kier molecular flexibility index (Phi) is 41.5. The minimum absolute atomic E-state index is 0.00881. The number of esters is 2. The Balaban J connectivity index is 4.28. The molecule has 0 amide bonds. The standard InChI is InChI=1S/C48H95NO6/c1-5-9-12-15-19-26-35-45(33-8-4)54-47(52)39-30-24-25-34-44(51)43-49(41-32-42-50)40-31-23-18-22-29-38-48(53)55-46(36-27-20-16-13-10-6-2)37-28-21-17-14-11-7-3/h44-46,50-51H,5-43H2,1-4H3/t44-,45?/m1/s1. The molecule has 0 aliphatic rings. The van der Waals surface area contributed by atoms with Gasteiger partial charge in [-0.2, -0.15) is 0 Å². The normalized spacial score (nSPS) is 12.8. The second kappa shape index (κ2) is 42.4. The van der Waals surface area contributed by atoms with Gasteiger partial charge in [-0.15, -0.1) is 0 Å². The first-order chi connectivity index (χ1) is 26.9. The van der Waals surface area contributed by atoms with Crippen LogP contribution in [0.1, 0.15) is 252 Å². The molecule has 0 spiro atoms. The van der Waals surface area contributed by atoms with Crippen LogP contribution in [0.25, 0.3) is 0 Å². The smallest absolute Gasteiger partial charge is 0.306 e. The summed E-state index contributed by atoms with van der Waals surface area (Å²) in [6.45, 7) is 11.4. The highest BCUT2D eigenvalue weighted by Gasteiger charge is 2.16. The fourth-order valence-electron chi connectivity index (χ4n) is 7.73. The molecule has 2 N–H and O–H groups in total. The quantitative estimate of drug-likeness (QED) is 0.0469. The first-order valence-electron chi connectivity index (χ1n) is 24.3. The lowest BCUT2D eigenvalue weighted by atomic mass is 10.0. The van der Waals surface area contributed by atoms with Gasteiger partial charge in [-0.25, -0.2) is 0 Å². The molecule has 7 nitrogen and oxygen atoms in total. The molecule has 0 saturated carbocycles. The molecule has 0 aromatic heterocycles. The lowest BCUT2D eigenvalue weighted by Gasteiger charge is -2.25. The van der Waals surface area contributed by atoms with Crippen molar-refractivity contribution in [3.63, 3.8) is 0 Å². The number of unbranched alkanes of at least 4 members (excludes halogenated alkanes) is 21. The highest BCUT2D eigenvalue weighted by molar-refractivity contribution is 5.69. The predicted molar refractivity (Wildman–Crippen MR) is 234 cm³/mol. The maximum absolute atomic E-state index is 12.8. The van der Waals surface area contributed by atoms with Crippen LogP contribution in [-0.2, 0) is 19.1 Å². The van der Waals surface area contributed by atoms with E-state index < -0.39 is 6.10 Å². The van der Waals surface area contributed by atoms with Crippen molar-refractivity contribution < 1.29 is 29.3 Å². The van der Waals surface area contributed by atoms with Crippen LogP contribution in [-0.4, -0.2) is 71.6 Å². The third-order valence-corrected chi connectivity index (χ3v) is 11.2. The molecule has 0 aliphatic heterocycles. The van der Waals surface area contributed by atoms with Crippen molar-refractivity contribution in [1.82, 2.24) is 4.90 Å². The number of carbonyl (C=O) groups excluding carboxylic acids is 2. The summed E-state index contributed by atoms with van der Waals surface area (Å²) in [5, 5.41) is 20.2. The lowest BCUT2D eigenvalue weighted by molar-refractivity contribution is -0.151. The van der Waals surface area contributed by atoms with E-state index in [1.54, 1.807) is 0 Å². The van der Waals surface area contributed by atoms with Gasteiger partial charge < -0.3 is 24.6 Å². The maximum Gasteiger partial charge on any atom is 0.306 e. The fourth-order valence-corrected chi connectivity index (χ4v) is 7.73. The SMILES string of the molecule is CCCCCCCCC(CCC)OC(=O)CCCCC[C@@H](O)CN(CCCO)CCCCCCCC(=O)OC(CCCCCCCC)CCCCCCCC. The number of rotatable bonds is 44. The van der Waals surface area contributed by atoms with Crippen molar-refractivity contribution in [3.05, 3.63) is 0 Å². The van der Waals surface area contributed by atoms with Crippen molar-refractivity contribution in [2.75, 3.05) is 26.2 Å². The average molecular weight is 782 g/mol. The maximum atomic E-state index is 12.8. The van der Waals surface area contributed by atoms with E-state index >= 15 is 0 Å². The highest BCUT2D eigenvalue weighted by atomic mass is 16.5. The van der Waals surface area contributed by atoms with E-state index in [0.29, 0.717) is 25.8 Å². The molecule has 7 heteroatoms. The van der Waals surface area contributed by atoms with Gasteiger partial charge in [0, 0.05) is 32.5 Å². The van der Waals surface area contributed by atoms with E-state index in [2.05, 4.69) is 32.6 Å². The van der Waals surface area contributed by atoms with Crippen LogP contribution >= 0.6 is 0 Å². The van der Waals surface area contributed by atoms with Crippen LogP contribution in [0.15, 0.2) is 0 Å². The zero-order valence-electron chi connectivity index (χ0n) is 37.3. The first-order valence-corrected chi connectivity index (χ1v) is 24.3. The molecular weight excluding hydrogens is 687 g/mol. The van der Waals surface area contributed by atoms with Crippen molar-refractivity contribution >= 4 is 11.9 Å². The Hall–Kier alpha value is -1.18. The summed E-state index contributed by atoms with van der Waals surface area (Å²) < 4.78 is 11.9. The number of hydrogen-bond acceptors (Lipinski definition) is 7. The van der Waals surface area contributed by atoms with E-state index in [4.69, 9.17) is 9.47 Å². The number of aliphatic hydroxyl groups is 2. The largest absolute Gasteiger partial charge is 0.462 e. The minimum Gasteiger partial charge on any atom is -0.462 e. The van der Waals surface area contributed by atoms with Crippen LogP contribution < -0.4 is 0 Å². The summed E-state index contributed by atoms with van der Waals surface area (Å²) in [6, 6.07) is 0. The summed E-state index contributed by atoms with van der Waals surface area (Å²) in [6.07, 6.45) is 37.9. The summed E-state index contributed by atoms with van der Waals surface area (Å²) in [5.74, 6) is -0.0724. The minimum atomic E-state index is -0.395. The summed E-state index contributed by atoms with van der Waals surface area (Å²) >= 11 is 0. The molecule has 55 heavy (non-hydrogen) atoms. The lowest BCUT2D eigenvalue weighted by Crippen LogP contribution is -2.34. The van der Waals surface area contributed by atoms with Gasteiger partial charge in [-0.1, -0.05) is 163 Å². The second-order valence-corrected chi connectivity index (χ2v) is 16.8. The molecule has 0 rings (SSSR count). The summed E-state index contributed by atoms with van der Waals surface area (Å²) in [4.78, 5) is 27.6. The van der Waals surface area contributed by atoms with E-state index in [9.17, 15) is 19.8 Å². The molecular formula is C48H95NO6. The van der Waals surface area contributed by atoms with E-state index in [0.717, 1.165) is 109 Å². The second-order valence-electron chi connectivity index (χ2n) is 16.8. The highest BCUT2D eigenvalue weighted by Crippen LogP contribution is 2.19. The molecule has 0 saturated heterocycles. The van der Waals surface area contributed by atoms with Crippen molar-refractivity contribution in [2.24, 2.45) is 0 Å². The average Bonchev–Trinajstić information content (AvgIpc) is 3.17. The third kappa shape index (κ3) is 38.1. The third-order valence-electron chi connectivity index (χ3n) is 11.2. The number of nitrogens with zero attached hydrogens (tertiary/aromatic N) is 1. The Labute approximate surface area is 342 Å². The monoisotopic (exact) mass is 782 g/mol. The zero-order chi connectivity index (χ0) is 40.5. The van der Waals surface area contributed by atoms with Gasteiger partial charge in [0.15, 0.2) is 0 Å². The van der Waals surface area contributed by atoms with Crippen LogP contribution in [0, 0.1) is 0 Å². The molecule has 2 atom stereocenters. The van der Waals surface area contributed by atoms with E-state index in [-0.39, 0.29) is 30.8 Å². The molecule has 0 radical (unpaired) electrons. The zero-order valence-corrected chi connectivity index (χ0v) is 37.3. The number of hydrogen-bond donors (Lipinski definition) is 2. The molecule has 0 heterocycles. The first kappa shape index (κ1) is 53.8. The Morgan fingerprint density at radius 2 is 0.800 bits per heavy atom. The Bertz CT molecular complexity index is 793. The molecule has 0 aromatic carbocycles. The van der Waals surface area contributed by atoms with Crippen molar-refractivity contribution in [2.45, 2.75) is 271 Å². The van der Waals surface area contributed by atoms with Gasteiger partial charge in [0.05, 0.1) is 6.10 Å². The Morgan fingerprint density at radius 1 is 0.436 bits per heavy atom. The van der Waals surface area contributed by atoms with Gasteiger partial charge in [0.2, 0.25) is 0 Å². The van der Waals surface area contributed by atoms with Crippen LogP contribution in [0.4, 0.5) is 0 Å². The molecule has 0 aliphatic carbocycles. The van der Waals surface area contributed by atoms with Gasteiger partial charge in [-0.05, 0) is 83.6 Å². The topological polar surface area (TPSA) is 96.3 Å². The Morgan fingerprint density at radius 3 is 1.25 bits per heavy atom. The number of ether oxygens (including phenoxy) is 2. The number of carbonyl (C=O) groups is 2. The van der Waals surface area contributed by atoms with Gasteiger partial charge in [0.25, 0.3) is 0 Å². The predicted octanol–water partition coefficient (Wildman–Crippen LogP) is 13.2. The van der Waals surface area contributed by atoms with E-state index in [1.807, 2.05) is 0 Å². The van der Waals surface area contributed by atoms with Crippen molar-refractivity contribution in [3.8, 4) is 0 Å². The van der Waals surface area contributed by atoms with Crippen LogP contribution in [0.5, 0.6) is 0 Å². The molecule has 0 aromatic rings. The van der Waals surface area contributed by atoms with Crippen LogP contribution in [0.3, 0.4) is 0 Å². The van der Waals surface area contributed by atoms with Gasteiger partial charge >= 0.3 is 11.9 Å².